The van der Waals surface area contributed by atoms with Crippen molar-refractivity contribution in [2.75, 3.05) is 19.3 Å². The van der Waals surface area contributed by atoms with Gasteiger partial charge in [-0.15, -0.1) is 0 Å². The average Bonchev–Trinajstić information content (AvgIpc) is 2.87. The summed E-state index contributed by atoms with van der Waals surface area (Å²) in [5, 5.41) is 16.8. The van der Waals surface area contributed by atoms with Crippen LogP contribution in [0.2, 0.25) is 0 Å². The summed E-state index contributed by atoms with van der Waals surface area (Å²) in [6.45, 7) is 9.66. The van der Waals surface area contributed by atoms with Gasteiger partial charge in [0.15, 0.2) is 6.10 Å². The molecule has 2 aromatic carbocycles. The Morgan fingerprint density at radius 3 is 2.02 bits per heavy atom. The molecule has 0 aromatic heterocycles. The molecule has 2 aromatic rings. The first-order chi connectivity index (χ1) is 18.7. The molecule has 10 heteroatoms. The van der Waals surface area contributed by atoms with Crippen LogP contribution in [0.15, 0.2) is 60.7 Å². The van der Waals surface area contributed by atoms with Crippen LogP contribution in [-0.2, 0) is 32.5 Å². The monoisotopic (exact) mass is 575 g/mol. The number of alkyl carbamates (subject to hydrolysis) is 1. The molecule has 0 saturated heterocycles. The molecule has 0 radical (unpaired) electrons. The third-order valence-corrected chi connectivity index (χ3v) is 7.71. The molecule has 2 amide bonds. The smallest absolute Gasteiger partial charge is 0.408 e. The zero-order valence-corrected chi connectivity index (χ0v) is 25.3. The van der Waals surface area contributed by atoms with E-state index in [-0.39, 0.29) is 32.0 Å². The third-order valence-electron chi connectivity index (χ3n) is 6.44. The molecule has 0 aliphatic heterocycles. The number of sulfonamides is 1. The lowest BCUT2D eigenvalue weighted by Crippen LogP contribution is -2.55. The molecule has 0 fully saturated rings. The standard InChI is InChI=1S/C30H45N3O6S/c1-22(2)17-18-33(40(6,37)38)21-26(34)25(19-23-13-9-7-10-14-23)32-28(35)27(30(3,4)5)39-29(36)31-20-24-15-11-8-12-16-24/h7-16,22,25-27,34H,17-21H2,1-6H3,(H,31,36)(H,32,35)/t25?,26-,27-/m1/s1. The van der Waals surface area contributed by atoms with Crippen LogP contribution in [0.5, 0.6) is 0 Å². The Kier molecular flexibility index (Phi) is 12.6. The van der Waals surface area contributed by atoms with Gasteiger partial charge < -0.3 is 20.5 Å². The van der Waals surface area contributed by atoms with E-state index in [1.54, 1.807) is 20.8 Å². The highest BCUT2D eigenvalue weighted by molar-refractivity contribution is 7.88. The molecule has 3 atom stereocenters. The Morgan fingerprint density at radius 1 is 0.975 bits per heavy atom. The number of hydrogen-bond acceptors (Lipinski definition) is 6. The number of benzene rings is 2. The number of carbonyl (C=O) groups excluding carboxylic acids is 2. The third kappa shape index (κ3) is 11.7. The van der Waals surface area contributed by atoms with E-state index in [9.17, 15) is 23.1 Å². The van der Waals surface area contributed by atoms with Crippen molar-refractivity contribution in [3.8, 4) is 0 Å². The maximum absolute atomic E-state index is 13.5. The van der Waals surface area contributed by atoms with Crippen LogP contribution in [0.3, 0.4) is 0 Å². The van der Waals surface area contributed by atoms with E-state index >= 15 is 0 Å². The lowest BCUT2D eigenvalue weighted by Gasteiger charge is -2.33. The summed E-state index contributed by atoms with van der Waals surface area (Å²) in [4.78, 5) is 26.2. The molecule has 40 heavy (non-hydrogen) atoms. The van der Waals surface area contributed by atoms with Crippen LogP contribution >= 0.6 is 0 Å². The topological polar surface area (TPSA) is 125 Å². The second kappa shape index (κ2) is 15.2. The molecule has 1 unspecified atom stereocenters. The second-order valence-electron chi connectivity index (χ2n) is 11.7. The molecular weight excluding hydrogens is 530 g/mol. The van der Waals surface area contributed by atoms with Gasteiger partial charge in [0.2, 0.25) is 10.0 Å². The van der Waals surface area contributed by atoms with E-state index in [4.69, 9.17) is 4.74 Å². The van der Waals surface area contributed by atoms with Crippen LogP contribution < -0.4 is 10.6 Å². The van der Waals surface area contributed by atoms with Crippen molar-refractivity contribution in [1.29, 1.82) is 0 Å². The lowest BCUT2D eigenvalue weighted by molar-refractivity contribution is -0.136. The first-order valence-electron chi connectivity index (χ1n) is 13.6. The summed E-state index contributed by atoms with van der Waals surface area (Å²) in [5.41, 5.74) is 0.982. The zero-order valence-electron chi connectivity index (χ0n) is 24.5. The molecule has 2 rings (SSSR count). The predicted octanol–water partition coefficient (Wildman–Crippen LogP) is 3.72. The van der Waals surface area contributed by atoms with E-state index < -0.39 is 45.7 Å². The number of nitrogens with zero attached hydrogens (tertiary/aromatic N) is 1. The average molecular weight is 576 g/mol. The predicted molar refractivity (Wildman–Crippen MR) is 157 cm³/mol. The number of rotatable bonds is 14. The highest BCUT2D eigenvalue weighted by atomic mass is 32.2. The number of aliphatic hydroxyl groups is 1. The van der Waals surface area contributed by atoms with Crippen molar-refractivity contribution in [3.63, 3.8) is 0 Å². The van der Waals surface area contributed by atoms with Crippen LogP contribution in [0, 0.1) is 11.3 Å². The van der Waals surface area contributed by atoms with Gasteiger partial charge in [-0.05, 0) is 29.9 Å². The number of nitrogens with one attached hydrogen (secondary N) is 2. The van der Waals surface area contributed by atoms with Crippen molar-refractivity contribution in [1.82, 2.24) is 14.9 Å². The summed E-state index contributed by atoms with van der Waals surface area (Å²) in [7, 11) is -3.59. The van der Waals surface area contributed by atoms with Gasteiger partial charge in [-0.3, -0.25) is 4.79 Å². The quantitative estimate of drug-likeness (QED) is 0.315. The second-order valence-corrected chi connectivity index (χ2v) is 13.6. The fraction of sp³-hybridized carbons (Fsp3) is 0.533. The molecule has 0 spiro atoms. The van der Waals surface area contributed by atoms with Crippen LogP contribution in [0.1, 0.15) is 52.2 Å². The van der Waals surface area contributed by atoms with E-state index in [1.165, 1.54) is 4.31 Å². The zero-order chi connectivity index (χ0) is 29.9. The molecule has 0 aliphatic carbocycles. The van der Waals surface area contributed by atoms with Gasteiger partial charge in [0.25, 0.3) is 5.91 Å². The van der Waals surface area contributed by atoms with Crippen molar-refractivity contribution < 1.29 is 27.9 Å². The normalized spacial score (nSPS) is 14.4. The maximum Gasteiger partial charge on any atom is 0.408 e. The number of amides is 2. The van der Waals surface area contributed by atoms with Gasteiger partial charge in [-0.25, -0.2) is 13.2 Å². The van der Waals surface area contributed by atoms with Crippen molar-refractivity contribution in [2.45, 2.75) is 72.3 Å². The molecular formula is C30H45N3O6S. The van der Waals surface area contributed by atoms with Crippen LogP contribution in [0.4, 0.5) is 4.79 Å². The molecule has 3 N–H and O–H groups in total. The minimum absolute atomic E-state index is 0.179. The van der Waals surface area contributed by atoms with Gasteiger partial charge in [-0.2, -0.15) is 4.31 Å². The fourth-order valence-corrected chi connectivity index (χ4v) is 4.94. The van der Waals surface area contributed by atoms with Gasteiger partial charge in [0.1, 0.15) is 0 Å². The van der Waals surface area contributed by atoms with Gasteiger partial charge in [0, 0.05) is 25.0 Å². The fourth-order valence-electron chi connectivity index (χ4n) is 4.08. The van der Waals surface area contributed by atoms with E-state index in [2.05, 4.69) is 10.6 Å². The Balaban J connectivity index is 2.21. The van der Waals surface area contributed by atoms with Gasteiger partial charge >= 0.3 is 6.09 Å². The summed E-state index contributed by atoms with van der Waals surface area (Å²) in [5.74, 6) is -0.297. The van der Waals surface area contributed by atoms with Gasteiger partial charge in [-0.1, -0.05) is 95.3 Å². The number of aliphatic hydroxyl groups excluding tert-OH is 1. The number of ether oxygens (including phenoxy) is 1. The Morgan fingerprint density at radius 2 is 1.52 bits per heavy atom. The summed E-state index contributed by atoms with van der Waals surface area (Å²) >= 11 is 0. The largest absolute Gasteiger partial charge is 0.436 e. The van der Waals surface area contributed by atoms with Crippen LogP contribution in [0.25, 0.3) is 0 Å². The number of carbonyl (C=O) groups is 2. The van der Waals surface area contributed by atoms with Gasteiger partial charge in [0.05, 0.1) is 18.4 Å². The van der Waals surface area contributed by atoms with Crippen molar-refractivity contribution >= 4 is 22.0 Å². The first kappa shape index (κ1) is 33.3. The Bertz CT molecular complexity index is 1170. The van der Waals surface area contributed by atoms with Crippen molar-refractivity contribution in [2.24, 2.45) is 11.3 Å². The summed E-state index contributed by atoms with van der Waals surface area (Å²) in [6, 6.07) is 17.8. The Hall–Kier alpha value is -2.95. The van der Waals surface area contributed by atoms with E-state index in [0.717, 1.165) is 17.4 Å². The Labute approximate surface area is 239 Å². The first-order valence-corrected chi connectivity index (χ1v) is 15.5. The SMILES string of the molecule is CC(C)CCN(C[C@@H](O)C(Cc1ccccc1)NC(=O)[C@@H](OC(=O)NCc1ccccc1)C(C)(C)C)S(C)(=O)=O. The minimum Gasteiger partial charge on any atom is -0.436 e. The molecule has 0 aliphatic rings. The lowest BCUT2D eigenvalue weighted by atomic mass is 9.88. The number of hydrogen-bond donors (Lipinski definition) is 3. The summed E-state index contributed by atoms with van der Waals surface area (Å²) < 4.78 is 31.8. The molecule has 9 nitrogen and oxygen atoms in total. The highest BCUT2D eigenvalue weighted by Gasteiger charge is 2.37. The summed E-state index contributed by atoms with van der Waals surface area (Å²) in [6.07, 6.45) is -1.11. The maximum atomic E-state index is 13.5. The molecule has 0 bridgehead atoms. The molecule has 222 valence electrons. The minimum atomic E-state index is -3.59. The van der Waals surface area contributed by atoms with Crippen LogP contribution in [-0.4, -0.2) is 67.4 Å². The molecule has 0 heterocycles. The highest BCUT2D eigenvalue weighted by Crippen LogP contribution is 2.23. The van der Waals surface area contributed by atoms with E-state index in [1.807, 2.05) is 74.5 Å². The van der Waals surface area contributed by atoms with E-state index in [0.29, 0.717) is 6.42 Å². The van der Waals surface area contributed by atoms with Crippen molar-refractivity contribution in [3.05, 3.63) is 71.8 Å². The molecule has 0 saturated carbocycles.